The minimum absolute atomic E-state index is 0.133. The molecule has 3 heteroatoms. The van der Waals surface area contributed by atoms with Crippen LogP contribution in [0.4, 0.5) is 0 Å². The van der Waals surface area contributed by atoms with Crippen LogP contribution in [-0.2, 0) is 6.54 Å². The van der Waals surface area contributed by atoms with Crippen molar-refractivity contribution in [3.05, 3.63) is 29.1 Å². The van der Waals surface area contributed by atoms with Crippen molar-refractivity contribution in [2.75, 3.05) is 6.54 Å². The molecular weight excluding hydrogens is 210 g/mol. The molecule has 0 atom stereocenters. The maximum atomic E-state index is 4.52. The standard InChI is InChI=1S/C14H25N3/c1-10(8-15-14(5,6)7)9-17-13(4)11(2)12(3)16-17/h15H,1,8-9H2,2-7H3. The molecule has 0 aliphatic rings. The van der Waals surface area contributed by atoms with Gasteiger partial charge < -0.3 is 5.32 Å². The molecule has 0 spiro atoms. The number of aryl methyl sites for hydroxylation is 1. The zero-order valence-corrected chi connectivity index (χ0v) is 12.0. The van der Waals surface area contributed by atoms with Gasteiger partial charge in [-0.1, -0.05) is 6.58 Å². The normalized spacial score (nSPS) is 11.9. The monoisotopic (exact) mass is 235 g/mol. The Kier molecular flexibility index (Phi) is 4.15. The van der Waals surface area contributed by atoms with Crippen LogP contribution >= 0.6 is 0 Å². The number of nitrogens with one attached hydrogen (secondary N) is 1. The van der Waals surface area contributed by atoms with E-state index in [1.165, 1.54) is 11.3 Å². The lowest BCUT2D eigenvalue weighted by molar-refractivity contribution is 0.438. The van der Waals surface area contributed by atoms with Gasteiger partial charge in [-0.3, -0.25) is 4.68 Å². The molecule has 0 bridgehead atoms. The summed E-state index contributed by atoms with van der Waals surface area (Å²) in [5.74, 6) is 0. The Hall–Kier alpha value is -1.09. The number of nitrogens with zero attached hydrogens (tertiary/aromatic N) is 2. The first-order chi connectivity index (χ1) is 7.70. The summed E-state index contributed by atoms with van der Waals surface area (Å²) >= 11 is 0. The fraction of sp³-hybridized carbons (Fsp3) is 0.643. The van der Waals surface area contributed by atoms with Gasteiger partial charge in [-0.2, -0.15) is 5.10 Å². The van der Waals surface area contributed by atoms with E-state index in [2.05, 4.69) is 58.5 Å². The summed E-state index contributed by atoms with van der Waals surface area (Å²) in [4.78, 5) is 0. The predicted molar refractivity (Wildman–Crippen MR) is 73.3 cm³/mol. The molecule has 1 aromatic rings. The molecule has 0 aliphatic carbocycles. The van der Waals surface area contributed by atoms with E-state index < -0.39 is 0 Å². The molecule has 0 aromatic carbocycles. The second kappa shape index (κ2) is 5.05. The van der Waals surface area contributed by atoms with E-state index in [0.717, 1.165) is 24.4 Å². The van der Waals surface area contributed by atoms with Gasteiger partial charge in [-0.15, -0.1) is 0 Å². The maximum absolute atomic E-state index is 4.52. The fourth-order valence-corrected chi connectivity index (χ4v) is 1.60. The molecule has 0 radical (unpaired) electrons. The van der Waals surface area contributed by atoms with E-state index in [9.17, 15) is 0 Å². The van der Waals surface area contributed by atoms with Gasteiger partial charge in [-0.05, 0) is 52.7 Å². The Labute approximate surface area is 105 Å². The third-order valence-corrected chi connectivity index (χ3v) is 2.99. The number of hydrogen-bond acceptors (Lipinski definition) is 2. The van der Waals surface area contributed by atoms with Gasteiger partial charge in [0, 0.05) is 17.8 Å². The highest BCUT2D eigenvalue weighted by Gasteiger charge is 2.11. The number of aromatic nitrogens is 2. The number of rotatable bonds is 4. The average Bonchev–Trinajstić information content (AvgIpc) is 2.43. The molecule has 3 nitrogen and oxygen atoms in total. The van der Waals surface area contributed by atoms with Crippen LogP contribution < -0.4 is 5.32 Å². The highest BCUT2D eigenvalue weighted by atomic mass is 15.3. The largest absolute Gasteiger partial charge is 0.308 e. The van der Waals surface area contributed by atoms with Crippen molar-refractivity contribution in [3.63, 3.8) is 0 Å². The van der Waals surface area contributed by atoms with Crippen LogP contribution in [0.3, 0.4) is 0 Å². The van der Waals surface area contributed by atoms with E-state index in [1.54, 1.807) is 0 Å². The van der Waals surface area contributed by atoms with Gasteiger partial charge in [0.05, 0.1) is 12.2 Å². The Balaban J connectivity index is 2.60. The van der Waals surface area contributed by atoms with Crippen molar-refractivity contribution in [1.82, 2.24) is 15.1 Å². The van der Waals surface area contributed by atoms with E-state index in [-0.39, 0.29) is 5.54 Å². The Morgan fingerprint density at radius 2 is 1.88 bits per heavy atom. The van der Waals surface area contributed by atoms with Gasteiger partial charge in [0.2, 0.25) is 0 Å². The topological polar surface area (TPSA) is 29.9 Å². The molecule has 96 valence electrons. The highest BCUT2D eigenvalue weighted by Crippen LogP contribution is 2.12. The van der Waals surface area contributed by atoms with Crippen molar-refractivity contribution in [3.8, 4) is 0 Å². The second-order valence-corrected chi connectivity index (χ2v) is 5.81. The third-order valence-electron chi connectivity index (χ3n) is 2.99. The molecule has 1 aromatic heterocycles. The first-order valence-electron chi connectivity index (χ1n) is 6.13. The summed E-state index contributed by atoms with van der Waals surface area (Å²) in [6.07, 6.45) is 0. The third kappa shape index (κ3) is 4.00. The van der Waals surface area contributed by atoms with Crippen molar-refractivity contribution in [2.45, 2.75) is 53.6 Å². The molecule has 0 saturated heterocycles. The molecule has 17 heavy (non-hydrogen) atoms. The summed E-state index contributed by atoms with van der Waals surface area (Å²) in [6, 6.07) is 0. The maximum Gasteiger partial charge on any atom is 0.0632 e. The summed E-state index contributed by atoms with van der Waals surface area (Å²) in [6.45, 7) is 18.5. The Morgan fingerprint density at radius 1 is 1.29 bits per heavy atom. The fourth-order valence-electron chi connectivity index (χ4n) is 1.60. The Morgan fingerprint density at radius 3 is 2.29 bits per heavy atom. The van der Waals surface area contributed by atoms with Crippen LogP contribution in [0.2, 0.25) is 0 Å². The molecule has 1 N–H and O–H groups in total. The minimum Gasteiger partial charge on any atom is -0.308 e. The van der Waals surface area contributed by atoms with Crippen LogP contribution in [0.15, 0.2) is 12.2 Å². The van der Waals surface area contributed by atoms with Crippen LogP contribution in [0.5, 0.6) is 0 Å². The van der Waals surface area contributed by atoms with Gasteiger partial charge in [-0.25, -0.2) is 0 Å². The zero-order valence-electron chi connectivity index (χ0n) is 12.0. The van der Waals surface area contributed by atoms with Gasteiger partial charge in [0.1, 0.15) is 0 Å². The van der Waals surface area contributed by atoms with E-state index >= 15 is 0 Å². The first kappa shape index (κ1) is 14.0. The van der Waals surface area contributed by atoms with Crippen LogP contribution in [0, 0.1) is 20.8 Å². The van der Waals surface area contributed by atoms with Gasteiger partial charge >= 0.3 is 0 Å². The lowest BCUT2D eigenvalue weighted by Crippen LogP contribution is -2.37. The summed E-state index contributed by atoms with van der Waals surface area (Å²) in [5.41, 5.74) is 4.92. The lowest BCUT2D eigenvalue weighted by Gasteiger charge is -2.21. The highest BCUT2D eigenvalue weighted by molar-refractivity contribution is 5.22. The lowest BCUT2D eigenvalue weighted by atomic mass is 10.1. The molecule has 0 saturated carbocycles. The average molecular weight is 235 g/mol. The van der Waals surface area contributed by atoms with Crippen molar-refractivity contribution < 1.29 is 0 Å². The van der Waals surface area contributed by atoms with Crippen molar-refractivity contribution >= 4 is 0 Å². The Bertz CT molecular complexity index is 408. The molecule has 0 aliphatic heterocycles. The summed E-state index contributed by atoms with van der Waals surface area (Å²) in [7, 11) is 0. The van der Waals surface area contributed by atoms with Crippen LogP contribution in [0.25, 0.3) is 0 Å². The molecule has 0 unspecified atom stereocenters. The van der Waals surface area contributed by atoms with Gasteiger partial charge in [0.15, 0.2) is 0 Å². The van der Waals surface area contributed by atoms with Gasteiger partial charge in [0.25, 0.3) is 0 Å². The quantitative estimate of drug-likeness (QED) is 0.813. The van der Waals surface area contributed by atoms with E-state index in [4.69, 9.17) is 0 Å². The molecule has 1 rings (SSSR count). The van der Waals surface area contributed by atoms with E-state index in [0.29, 0.717) is 0 Å². The summed E-state index contributed by atoms with van der Waals surface area (Å²) in [5, 5.41) is 7.96. The van der Waals surface area contributed by atoms with Crippen LogP contribution in [0.1, 0.15) is 37.7 Å². The van der Waals surface area contributed by atoms with Crippen molar-refractivity contribution in [2.24, 2.45) is 0 Å². The smallest absolute Gasteiger partial charge is 0.0632 e. The van der Waals surface area contributed by atoms with Crippen molar-refractivity contribution in [1.29, 1.82) is 0 Å². The molecule has 0 amide bonds. The summed E-state index contributed by atoms with van der Waals surface area (Å²) < 4.78 is 2.04. The zero-order chi connectivity index (χ0) is 13.2. The second-order valence-electron chi connectivity index (χ2n) is 5.81. The minimum atomic E-state index is 0.133. The molecular formula is C14H25N3. The molecule has 1 heterocycles. The SMILES string of the molecule is C=C(CNC(C)(C)C)Cn1nc(C)c(C)c1C. The number of hydrogen-bond donors (Lipinski definition) is 1. The van der Waals surface area contributed by atoms with Crippen LogP contribution in [-0.4, -0.2) is 21.9 Å². The first-order valence-corrected chi connectivity index (χ1v) is 6.13. The molecule has 0 fully saturated rings. The predicted octanol–water partition coefficient (Wildman–Crippen LogP) is 2.75. The van der Waals surface area contributed by atoms with E-state index in [1.807, 2.05) is 4.68 Å².